The predicted octanol–water partition coefficient (Wildman–Crippen LogP) is 3.22. The molecule has 3 rings (SSSR count). The van der Waals surface area contributed by atoms with E-state index in [0.717, 1.165) is 24.7 Å². The van der Waals surface area contributed by atoms with Gasteiger partial charge < -0.3 is 10.1 Å². The van der Waals surface area contributed by atoms with Crippen LogP contribution in [-0.4, -0.2) is 12.6 Å². The molecule has 1 aromatic rings. The van der Waals surface area contributed by atoms with Crippen LogP contribution in [0, 0.1) is 5.92 Å². The van der Waals surface area contributed by atoms with Gasteiger partial charge >= 0.3 is 0 Å². The Bertz CT molecular complexity index is 384. The summed E-state index contributed by atoms with van der Waals surface area (Å²) in [6, 6.07) is 7.06. The lowest BCUT2D eigenvalue weighted by Gasteiger charge is -2.15. The fourth-order valence-electron chi connectivity index (χ4n) is 2.47. The number of nitrogens with one attached hydrogen (secondary N) is 1. The molecule has 1 fully saturated rings. The number of fused-ring (bicyclic) bond motifs is 1. The Kier molecular flexibility index (Phi) is 2.50. The largest absolute Gasteiger partial charge is 0.493 e. The van der Waals surface area contributed by atoms with E-state index in [1.807, 2.05) is 0 Å². The first-order chi connectivity index (χ1) is 7.81. The van der Waals surface area contributed by atoms with Crippen LogP contribution >= 0.6 is 0 Å². The van der Waals surface area contributed by atoms with E-state index >= 15 is 0 Å². The Morgan fingerprint density at radius 3 is 3.12 bits per heavy atom. The summed E-state index contributed by atoms with van der Waals surface area (Å²) < 4.78 is 5.51. The standard InChI is InChI=1S/C14H19NO/c1-10(8-11-2-3-11)15-13-4-5-14-12(9-13)6-7-16-14/h4-5,9-11,15H,2-3,6-8H2,1H3. The third kappa shape index (κ3) is 2.16. The van der Waals surface area contributed by atoms with E-state index in [0.29, 0.717) is 6.04 Å². The Morgan fingerprint density at radius 1 is 1.44 bits per heavy atom. The molecular weight excluding hydrogens is 198 g/mol. The molecule has 0 bridgehead atoms. The lowest BCUT2D eigenvalue weighted by Crippen LogP contribution is -2.15. The molecule has 1 aliphatic heterocycles. The fourth-order valence-corrected chi connectivity index (χ4v) is 2.47. The van der Waals surface area contributed by atoms with Gasteiger partial charge in [0.25, 0.3) is 0 Å². The van der Waals surface area contributed by atoms with Crippen LogP contribution in [-0.2, 0) is 6.42 Å². The SMILES string of the molecule is CC(CC1CC1)Nc1ccc2c(c1)CCO2. The summed E-state index contributed by atoms with van der Waals surface area (Å²) in [5.74, 6) is 2.06. The average Bonchev–Trinajstić information content (AvgIpc) is 2.95. The highest BCUT2D eigenvalue weighted by Gasteiger charge is 2.23. The monoisotopic (exact) mass is 217 g/mol. The molecule has 2 heteroatoms. The molecule has 1 aliphatic carbocycles. The van der Waals surface area contributed by atoms with E-state index in [1.165, 1.54) is 30.5 Å². The van der Waals surface area contributed by atoms with Gasteiger partial charge in [-0.2, -0.15) is 0 Å². The summed E-state index contributed by atoms with van der Waals surface area (Å²) in [4.78, 5) is 0. The normalized spacial score (nSPS) is 20.1. The van der Waals surface area contributed by atoms with Gasteiger partial charge in [-0.3, -0.25) is 0 Å². The van der Waals surface area contributed by atoms with Gasteiger partial charge in [-0.1, -0.05) is 12.8 Å². The lowest BCUT2D eigenvalue weighted by molar-refractivity contribution is 0.357. The first kappa shape index (κ1) is 10.0. The molecule has 1 N–H and O–H groups in total. The van der Waals surface area contributed by atoms with E-state index in [4.69, 9.17) is 4.74 Å². The maximum Gasteiger partial charge on any atom is 0.122 e. The Hall–Kier alpha value is -1.18. The summed E-state index contributed by atoms with van der Waals surface area (Å²) in [5, 5.41) is 3.59. The number of hydrogen-bond donors (Lipinski definition) is 1. The number of benzene rings is 1. The number of rotatable bonds is 4. The average molecular weight is 217 g/mol. The molecule has 0 aromatic heterocycles. The molecule has 0 radical (unpaired) electrons. The Morgan fingerprint density at radius 2 is 2.31 bits per heavy atom. The van der Waals surface area contributed by atoms with Gasteiger partial charge in [-0.25, -0.2) is 0 Å². The van der Waals surface area contributed by atoms with E-state index in [-0.39, 0.29) is 0 Å². The summed E-state index contributed by atoms with van der Waals surface area (Å²) in [5.41, 5.74) is 2.60. The number of anilines is 1. The molecular formula is C14H19NO. The Labute approximate surface area is 97.0 Å². The van der Waals surface area contributed by atoms with Crippen molar-refractivity contribution < 1.29 is 4.74 Å². The molecule has 16 heavy (non-hydrogen) atoms. The molecule has 2 aliphatic rings. The zero-order valence-electron chi connectivity index (χ0n) is 9.83. The van der Waals surface area contributed by atoms with Crippen LogP contribution in [0.1, 0.15) is 31.7 Å². The van der Waals surface area contributed by atoms with Gasteiger partial charge in [-0.05, 0) is 43.0 Å². The van der Waals surface area contributed by atoms with Crippen molar-refractivity contribution in [1.82, 2.24) is 0 Å². The van der Waals surface area contributed by atoms with Crippen molar-refractivity contribution in [2.24, 2.45) is 5.92 Å². The minimum Gasteiger partial charge on any atom is -0.493 e. The minimum atomic E-state index is 0.591. The maximum atomic E-state index is 5.51. The van der Waals surface area contributed by atoms with Crippen LogP contribution in [0.3, 0.4) is 0 Å². The highest BCUT2D eigenvalue weighted by atomic mass is 16.5. The summed E-state index contributed by atoms with van der Waals surface area (Å²) in [6.45, 7) is 3.12. The summed E-state index contributed by atoms with van der Waals surface area (Å²) in [6.07, 6.45) is 5.24. The smallest absolute Gasteiger partial charge is 0.122 e. The minimum absolute atomic E-state index is 0.591. The second kappa shape index (κ2) is 4.00. The van der Waals surface area contributed by atoms with Gasteiger partial charge in [0.05, 0.1) is 6.61 Å². The first-order valence-corrected chi connectivity index (χ1v) is 6.33. The second-order valence-corrected chi connectivity index (χ2v) is 5.15. The Balaban J connectivity index is 1.64. The lowest BCUT2D eigenvalue weighted by atomic mass is 10.1. The van der Waals surface area contributed by atoms with Crippen molar-refractivity contribution in [3.63, 3.8) is 0 Å². The molecule has 1 unspecified atom stereocenters. The van der Waals surface area contributed by atoms with Crippen molar-refractivity contribution in [2.45, 2.75) is 38.6 Å². The van der Waals surface area contributed by atoms with Crippen LogP contribution in [0.2, 0.25) is 0 Å². The molecule has 1 saturated carbocycles. The molecule has 1 heterocycles. The van der Waals surface area contributed by atoms with Gasteiger partial charge in [0, 0.05) is 18.2 Å². The van der Waals surface area contributed by atoms with Gasteiger partial charge in [0.2, 0.25) is 0 Å². The number of ether oxygens (including phenoxy) is 1. The molecule has 0 saturated heterocycles. The predicted molar refractivity (Wildman–Crippen MR) is 66.1 cm³/mol. The third-order valence-electron chi connectivity index (χ3n) is 3.49. The van der Waals surface area contributed by atoms with Crippen molar-refractivity contribution >= 4 is 5.69 Å². The zero-order chi connectivity index (χ0) is 11.0. The van der Waals surface area contributed by atoms with Gasteiger partial charge in [0.1, 0.15) is 5.75 Å². The quantitative estimate of drug-likeness (QED) is 0.836. The van der Waals surface area contributed by atoms with Crippen LogP contribution in [0.25, 0.3) is 0 Å². The molecule has 1 atom stereocenters. The molecule has 2 nitrogen and oxygen atoms in total. The fraction of sp³-hybridized carbons (Fsp3) is 0.571. The summed E-state index contributed by atoms with van der Waals surface area (Å²) >= 11 is 0. The van der Waals surface area contributed by atoms with E-state index in [9.17, 15) is 0 Å². The molecule has 0 amide bonds. The van der Waals surface area contributed by atoms with Crippen molar-refractivity contribution in [2.75, 3.05) is 11.9 Å². The second-order valence-electron chi connectivity index (χ2n) is 5.15. The zero-order valence-corrected chi connectivity index (χ0v) is 9.83. The van der Waals surface area contributed by atoms with Crippen LogP contribution in [0.4, 0.5) is 5.69 Å². The molecule has 0 spiro atoms. The summed E-state index contributed by atoms with van der Waals surface area (Å²) in [7, 11) is 0. The van der Waals surface area contributed by atoms with Gasteiger partial charge in [0.15, 0.2) is 0 Å². The van der Waals surface area contributed by atoms with Crippen molar-refractivity contribution in [3.8, 4) is 5.75 Å². The number of hydrogen-bond acceptors (Lipinski definition) is 2. The van der Waals surface area contributed by atoms with Crippen LogP contribution in [0.15, 0.2) is 18.2 Å². The topological polar surface area (TPSA) is 21.3 Å². The third-order valence-corrected chi connectivity index (χ3v) is 3.49. The van der Waals surface area contributed by atoms with Crippen LogP contribution < -0.4 is 10.1 Å². The van der Waals surface area contributed by atoms with E-state index < -0.39 is 0 Å². The van der Waals surface area contributed by atoms with Crippen molar-refractivity contribution in [1.29, 1.82) is 0 Å². The highest BCUT2D eigenvalue weighted by molar-refractivity contribution is 5.52. The highest BCUT2D eigenvalue weighted by Crippen LogP contribution is 2.34. The van der Waals surface area contributed by atoms with Crippen LogP contribution in [0.5, 0.6) is 5.75 Å². The molecule has 1 aromatic carbocycles. The van der Waals surface area contributed by atoms with Crippen molar-refractivity contribution in [3.05, 3.63) is 23.8 Å². The van der Waals surface area contributed by atoms with E-state index in [2.05, 4.69) is 30.4 Å². The maximum absolute atomic E-state index is 5.51. The van der Waals surface area contributed by atoms with Gasteiger partial charge in [-0.15, -0.1) is 0 Å². The molecule has 86 valence electrons. The first-order valence-electron chi connectivity index (χ1n) is 6.33. The van der Waals surface area contributed by atoms with E-state index in [1.54, 1.807) is 0 Å².